The molecular formula is C28H36N6O2. The molecule has 2 fully saturated rings. The summed E-state index contributed by atoms with van der Waals surface area (Å²) in [4.78, 5) is 30.6. The Morgan fingerprint density at radius 2 is 1.81 bits per heavy atom. The highest BCUT2D eigenvalue weighted by molar-refractivity contribution is 5.94. The van der Waals surface area contributed by atoms with E-state index in [4.69, 9.17) is 9.72 Å². The molecule has 0 atom stereocenters. The maximum absolute atomic E-state index is 12.5. The van der Waals surface area contributed by atoms with Crippen molar-refractivity contribution >= 4 is 28.5 Å². The summed E-state index contributed by atoms with van der Waals surface area (Å²) in [7, 11) is 0. The quantitative estimate of drug-likeness (QED) is 0.520. The van der Waals surface area contributed by atoms with E-state index in [9.17, 15) is 4.79 Å². The molecule has 0 aromatic carbocycles. The molecule has 1 amide bonds. The van der Waals surface area contributed by atoms with E-state index < -0.39 is 5.60 Å². The summed E-state index contributed by atoms with van der Waals surface area (Å²) in [6.45, 7) is 8.26. The van der Waals surface area contributed by atoms with Gasteiger partial charge in [0.05, 0.1) is 5.69 Å². The number of carbonyl (C=O) groups excluding carboxylic acids is 1. The number of amides is 1. The van der Waals surface area contributed by atoms with Crippen LogP contribution in [-0.2, 0) is 4.74 Å². The van der Waals surface area contributed by atoms with Crippen molar-refractivity contribution in [3.05, 3.63) is 42.9 Å². The lowest BCUT2D eigenvalue weighted by Gasteiger charge is -2.36. The van der Waals surface area contributed by atoms with Gasteiger partial charge in [-0.1, -0.05) is 19.3 Å². The number of rotatable bonds is 4. The van der Waals surface area contributed by atoms with Crippen molar-refractivity contribution in [1.29, 1.82) is 0 Å². The predicted octanol–water partition coefficient (Wildman–Crippen LogP) is 5.49. The number of anilines is 2. The third-order valence-electron chi connectivity index (χ3n) is 6.86. The largest absolute Gasteiger partial charge is 0.444 e. The molecular weight excluding hydrogens is 452 g/mol. The van der Waals surface area contributed by atoms with Gasteiger partial charge in [0.2, 0.25) is 0 Å². The zero-order chi connectivity index (χ0) is 25.1. The van der Waals surface area contributed by atoms with E-state index in [1.807, 2.05) is 51.5 Å². The molecule has 1 N–H and O–H groups in total. The van der Waals surface area contributed by atoms with E-state index in [0.717, 1.165) is 33.7 Å². The van der Waals surface area contributed by atoms with Crippen LogP contribution < -0.4 is 10.2 Å². The summed E-state index contributed by atoms with van der Waals surface area (Å²) in [5.74, 6) is 1.83. The van der Waals surface area contributed by atoms with Gasteiger partial charge in [-0.3, -0.25) is 4.98 Å². The van der Waals surface area contributed by atoms with Gasteiger partial charge in [0.1, 0.15) is 17.2 Å². The predicted molar refractivity (Wildman–Crippen MR) is 143 cm³/mol. The minimum absolute atomic E-state index is 0.257. The number of nitrogens with one attached hydrogen (secondary N) is 1. The molecule has 0 unspecified atom stereocenters. The van der Waals surface area contributed by atoms with E-state index in [0.29, 0.717) is 32.2 Å². The molecule has 1 saturated carbocycles. The van der Waals surface area contributed by atoms with Crippen molar-refractivity contribution in [2.75, 3.05) is 36.4 Å². The number of aromatic nitrogens is 3. The van der Waals surface area contributed by atoms with Crippen LogP contribution in [-0.4, -0.2) is 63.8 Å². The fraction of sp³-hybridized carbons (Fsp3) is 0.500. The van der Waals surface area contributed by atoms with Crippen LogP contribution in [0.5, 0.6) is 0 Å². The number of nitrogens with zero attached hydrogens (tertiary/aromatic N) is 5. The summed E-state index contributed by atoms with van der Waals surface area (Å²) < 4.78 is 5.56. The van der Waals surface area contributed by atoms with Gasteiger partial charge in [-0.25, -0.2) is 14.8 Å². The lowest BCUT2D eigenvalue weighted by molar-refractivity contribution is 0.0240. The van der Waals surface area contributed by atoms with Gasteiger partial charge in [0, 0.05) is 67.1 Å². The minimum atomic E-state index is -0.497. The molecule has 0 bridgehead atoms. The van der Waals surface area contributed by atoms with E-state index in [1.165, 1.54) is 32.1 Å². The van der Waals surface area contributed by atoms with Crippen molar-refractivity contribution in [1.82, 2.24) is 19.9 Å². The molecule has 8 heteroatoms. The average molecular weight is 489 g/mol. The van der Waals surface area contributed by atoms with Gasteiger partial charge in [-0.15, -0.1) is 0 Å². The average Bonchev–Trinajstić information content (AvgIpc) is 2.88. The Balaban J connectivity index is 1.38. The van der Waals surface area contributed by atoms with Gasteiger partial charge in [0.15, 0.2) is 0 Å². The number of fused-ring (bicyclic) bond motifs is 1. The van der Waals surface area contributed by atoms with E-state index in [1.54, 1.807) is 4.90 Å². The fourth-order valence-electron chi connectivity index (χ4n) is 5.02. The van der Waals surface area contributed by atoms with Gasteiger partial charge < -0.3 is 19.9 Å². The van der Waals surface area contributed by atoms with Crippen LogP contribution in [0.3, 0.4) is 0 Å². The molecule has 4 heterocycles. The van der Waals surface area contributed by atoms with Crippen molar-refractivity contribution in [2.45, 2.75) is 64.5 Å². The monoisotopic (exact) mass is 488 g/mol. The highest BCUT2D eigenvalue weighted by atomic mass is 16.6. The normalized spacial score (nSPS) is 17.3. The highest BCUT2D eigenvalue weighted by Crippen LogP contribution is 2.31. The SMILES string of the molecule is CC(C)(C)OC(=O)N1CCN(c2nc(-c3ccnc(NC4CCCCC4)c3)cc3cnccc23)CC1. The topological polar surface area (TPSA) is 83.5 Å². The molecule has 36 heavy (non-hydrogen) atoms. The zero-order valence-electron chi connectivity index (χ0n) is 21.5. The van der Waals surface area contributed by atoms with Crippen molar-refractivity contribution < 1.29 is 9.53 Å². The van der Waals surface area contributed by atoms with Gasteiger partial charge in [-0.2, -0.15) is 0 Å². The molecule has 3 aromatic rings. The molecule has 190 valence electrons. The van der Waals surface area contributed by atoms with E-state index in [2.05, 4.69) is 32.3 Å². The highest BCUT2D eigenvalue weighted by Gasteiger charge is 2.27. The second kappa shape index (κ2) is 10.3. The van der Waals surface area contributed by atoms with Crippen molar-refractivity contribution in [2.24, 2.45) is 0 Å². The van der Waals surface area contributed by atoms with Gasteiger partial charge >= 0.3 is 6.09 Å². The molecule has 2 aliphatic rings. The third-order valence-corrected chi connectivity index (χ3v) is 6.86. The third kappa shape index (κ3) is 5.69. The van der Waals surface area contributed by atoms with Gasteiger partial charge in [0.25, 0.3) is 0 Å². The molecule has 3 aromatic heterocycles. The van der Waals surface area contributed by atoms with Crippen LogP contribution in [0.1, 0.15) is 52.9 Å². The maximum atomic E-state index is 12.5. The Hall–Kier alpha value is -3.42. The number of pyridine rings is 3. The zero-order valence-corrected chi connectivity index (χ0v) is 21.5. The summed E-state index contributed by atoms with van der Waals surface area (Å²) in [5, 5.41) is 5.74. The molecule has 1 saturated heterocycles. The molecule has 1 aliphatic carbocycles. The number of piperazine rings is 1. The Kier molecular flexibility index (Phi) is 6.94. The minimum Gasteiger partial charge on any atom is -0.444 e. The molecule has 0 spiro atoms. The molecule has 1 aliphatic heterocycles. The van der Waals surface area contributed by atoms with E-state index >= 15 is 0 Å². The first-order valence-corrected chi connectivity index (χ1v) is 13.1. The van der Waals surface area contributed by atoms with Crippen molar-refractivity contribution in [3.63, 3.8) is 0 Å². The first-order chi connectivity index (χ1) is 17.4. The standard InChI is InChI=1S/C28H36N6O2/c1-28(2,3)36-27(35)34-15-13-33(14-16-34)26-23-10-11-29-19-21(23)17-24(32-26)20-9-12-30-25(18-20)31-22-7-5-4-6-8-22/h9-12,17-19,22H,4-8,13-16H2,1-3H3,(H,30,31). The smallest absolute Gasteiger partial charge is 0.410 e. The molecule has 8 nitrogen and oxygen atoms in total. The van der Waals surface area contributed by atoms with Crippen LogP contribution in [0.25, 0.3) is 22.0 Å². The number of hydrogen-bond donors (Lipinski definition) is 1. The van der Waals surface area contributed by atoms with Crippen LogP contribution >= 0.6 is 0 Å². The Labute approximate surface area is 213 Å². The number of ether oxygens (including phenoxy) is 1. The van der Waals surface area contributed by atoms with Crippen LogP contribution in [0.2, 0.25) is 0 Å². The molecule has 0 radical (unpaired) electrons. The van der Waals surface area contributed by atoms with Crippen LogP contribution in [0, 0.1) is 0 Å². The Morgan fingerprint density at radius 1 is 1.03 bits per heavy atom. The molecule has 5 rings (SSSR count). The summed E-state index contributed by atoms with van der Waals surface area (Å²) in [5.41, 5.74) is 1.43. The van der Waals surface area contributed by atoms with E-state index in [-0.39, 0.29) is 6.09 Å². The maximum Gasteiger partial charge on any atom is 0.410 e. The second-order valence-electron chi connectivity index (χ2n) is 10.8. The Morgan fingerprint density at radius 3 is 2.56 bits per heavy atom. The van der Waals surface area contributed by atoms with Crippen LogP contribution in [0.15, 0.2) is 42.9 Å². The lowest BCUT2D eigenvalue weighted by atomic mass is 9.95. The van der Waals surface area contributed by atoms with Gasteiger partial charge in [-0.05, 0) is 57.9 Å². The summed E-state index contributed by atoms with van der Waals surface area (Å²) in [6.07, 6.45) is 11.6. The van der Waals surface area contributed by atoms with Crippen molar-refractivity contribution in [3.8, 4) is 11.3 Å². The Bertz CT molecular complexity index is 1210. The number of hydrogen-bond acceptors (Lipinski definition) is 7. The first kappa shape index (κ1) is 24.3. The van der Waals surface area contributed by atoms with Crippen LogP contribution in [0.4, 0.5) is 16.4 Å². The second-order valence-corrected chi connectivity index (χ2v) is 10.8. The fourth-order valence-corrected chi connectivity index (χ4v) is 5.02. The number of carbonyl (C=O) groups is 1. The lowest BCUT2D eigenvalue weighted by Crippen LogP contribution is -2.50. The first-order valence-electron chi connectivity index (χ1n) is 13.1. The summed E-state index contributed by atoms with van der Waals surface area (Å²) in [6, 6.07) is 8.73. The summed E-state index contributed by atoms with van der Waals surface area (Å²) >= 11 is 0.